The van der Waals surface area contributed by atoms with Crippen LogP contribution >= 0.6 is 0 Å². The molecule has 0 aromatic rings. The SMILES string of the molecule is CC(C)(C)OC(=O)NCC12CC(NC(=O)OC(C)(C)C)(CO1)C2. The van der Waals surface area contributed by atoms with E-state index in [0.29, 0.717) is 26.0 Å². The molecule has 0 spiro atoms. The fraction of sp³-hybridized carbons (Fsp3) is 0.875. The molecule has 2 aliphatic heterocycles. The van der Waals surface area contributed by atoms with E-state index in [-0.39, 0.29) is 5.54 Å². The molecule has 2 amide bonds. The molecule has 2 saturated heterocycles. The Morgan fingerprint density at radius 1 is 1.00 bits per heavy atom. The molecule has 1 saturated carbocycles. The average Bonchev–Trinajstić information content (AvgIpc) is 2.76. The highest BCUT2D eigenvalue weighted by Crippen LogP contribution is 2.51. The van der Waals surface area contributed by atoms with Crippen molar-refractivity contribution in [3.63, 3.8) is 0 Å². The zero-order chi connectivity index (χ0) is 17.5. The van der Waals surface area contributed by atoms with Gasteiger partial charge in [0, 0.05) is 12.8 Å². The van der Waals surface area contributed by atoms with Crippen molar-refractivity contribution in [2.45, 2.75) is 76.7 Å². The van der Waals surface area contributed by atoms with Crippen LogP contribution in [-0.4, -0.2) is 47.7 Å². The lowest BCUT2D eigenvalue weighted by atomic mass is 9.68. The highest BCUT2D eigenvalue weighted by atomic mass is 16.6. The van der Waals surface area contributed by atoms with Crippen LogP contribution in [0.15, 0.2) is 0 Å². The van der Waals surface area contributed by atoms with E-state index in [1.54, 1.807) is 0 Å². The van der Waals surface area contributed by atoms with Crippen LogP contribution in [-0.2, 0) is 14.2 Å². The standard InChI is InChI=1S/C16H28N2O5/c1-13(2,3)22-11(19)17-9-16-7-15(8-16,10-21-16)18-12(20)23-14(4,5)6/h7-10H2,1-6H3,(H,17,19)(H,18,20). The predicted octanol–water partition coefficient (Wildman–Crippen LogP) is 2.34. The first-order valence-electron chi connectivity index (χ1n) is 7.94. The summed E-state index contributed by atoms with van der Waals surface area (Å²) in [6.07, 6.45) is 0.432. The molecule has 2 N–H and O–H groups in total. The minimum absolute atomic E-state index is 0.375. The summed E-state index contributed by atoms with van der Waals surface area (Å²) >= 11 is 0. The van der Waals surface area contributed by atoms with E-state index >= 15 is 0 Å². The smallest absolute Gasteiger partial charge is 0.408 e. The topological polar surface area (TPSA) is 85.9 Å². The van der Waals surface area contributed by atoms with Crippen LogP contribution < -0.4 is 10.6 Å². The summed E-state index contributed by atoms with van der Waals surface area (Å²) in [5.74, 6) is 0. The van der Waals surface area contributed by atoms with Crippen LogP contribution in [0.3, 0.4) is 0 Å². The maximum Gasteiger partial charge on any atom is 0.408 e. The van der Waals surface area contributed by atoms with Crippen LogP contribution in [0.5, 0.6) is 0 Å². The number of amides is 2. The van der Waals surface area contributed by atoms with Gasteiger partial charge in [-0.15, -0.1) is 0 Å². The molecular weight excluding hydrogens is 300 g/mol. The lowest BCUT2D eigenvalue weighted by molar-refractivity contribution is -0.0121. The van der Waals surface area contributed by atoms with E-state index in [1.807, 2.05) is 41.5 Å². The Morgan fingerprint density at radius 3 is 2.04 bits per heavy atom. The molecular formula is C16H28N2O5. The second-order valence-corrected chi connectivity index (χ2v) is 8.59. The van der Waals surface area contributed by atoms with Gasteiger partial charge >= 0.3 is 12.2 Å². The molecule has 0 aromatic heterocycles. The summed E-state index contributed by atoms with van der Waals surface area (Å²) in [6.45, 7) is 11.7. The molecule has 1 aliphatic carbocycles. The highest BCUT2D eigenvalue weighted by molar-refractivity contribution is 5.70. The van der Waals surface area contributed by atoms with Crippen LogP contribution in [0.1, 0.15) is 54.4 Å². The van der Waals surface area contributed by atoms with Gasteiger partial charge in [-0.2, -0.15) is 0 Å². The molecule has 132 valence electrons. The van der Waals surface area contributed by atoms with Crippen molar-refractivity contribution in [1.82, 2.24) is 10.6 Å². The van der Waals surface area contributed by atoms with Gasteiger partial charge < -0.3 is 24.8 Å². The van der Waals surface area contributed by atoms with Crippen LogP contribution in [0.4, 0.5) is 9.59 Å². The number of nitrogens with one attached hydrogen (secondary N) is 2. The van der Waals surface area contributed by atoms with Gasteiger partial charge in [-0.25, -0.2) is 9.59 Å². The molecule has 0 unspecified atom stereocenters. The fourth-order valence-electron chi connectivity index (χ4n) is 3.05. The molecule has 3 fully saturated rings. The minimum Gasteiger partial charge on any atom is -0.444 e. The van der Waals surface area contributed by atoms with Gasteiger partial charge in [0.25, 0.3) is 0 Å². The maximum absolute atomic E-state index is 11.9. The Labute approximate surface area is 137 Å². The Balaban J connectivity index is 1.78. The summed E-state index contributed by atoms with van der Waals surface area (Å²) in [5, 5.41) is 5.64. The van der Waals surface area contributed by atoms with E-state index in [4.69, 9.17) is 14.2 Å². The Morgan fingerprint density at radius 2 is 1.52 bits per heavy atom. The zero-order valence-corrected chi connectivity index (χ0v) is 14.9. The zero-order valence-electron chi connectivity index (χ0n) is 14.9. The second-order valence-electron chi connectivity index (χ2n) is 8.59. The van der Waals surface area contributed by atoms with Crippen molar-refractivity contribution in [2.75, 3.05) is 13.2 Å². The highest BCUT2D eigenvalue weighted by Gasteiger charge is 2.63. The molecule has 7 heteroatoms. The molecule has 3 rings (SSSR count). The van der Waals surface area contributed by atoms with E-state index in [9.17, 15) is 9.59 Å². The summed E-state index contributed by atoms with van der Waals surface area (Å²) in [7, 11) is 0. The van der Waals surface area contributed by atoms with Crippen molar-refractivity contribution < 1.29 is 23.8 Å². The van der Waals surface area contributed by atoms with Gasteiger partial charge in [-0.3, -0.25) is 0 Å². The third-order valence-electron chi connectivity index (χ3n) is 3.70. The second kappa shape index (κ2) is 5.54. The van der Waals surface area contributed by atoms with Crippen LogP contribution in [0, 0.1) is 0 Å². The van der Waals surface area contributed by atoms with Gasteiger partial charge in [0.2, 0.25) is 0 Å². The van der Waals surface area contributed by atoms with Gasteiger partial charge in [0.15, 0.2) is 0 Å². The first-order valence-corrected chi connectivity index (χ1v) is 7.94. The number of rotatable bonds is 3. The molecule has 2 bridgehead atoms. The quantitative estimate of drug-likeness (QED) is 0.830. The van der Waals surface area contributed by atoms with Crippen molar-refractivity contribution in [1.29, 1.82) is 0 Å². The molecule has 3 aliphatic rings. The monoisotopic (exact) mass is 328 g/mol. The molecule has 23 heavy (non-hydrogen) atoms. The van der Waals surface area contributed by atoms with Crippen molar-refractivity contribution >= 4 is 12.2 Å². The van der Waals surface area contributed by atoms with Crippen molar-refractivity contribution in [3.8, 4) is 0 Å². The number of fused-ring (bicyclic) bond motifs is 1. The summed E-state index contributed by atoms with van der Waals surface area (Å²) in [5.41, 5.74) is -1.84. The maximum atomic E-state index is 11.9. The number of hydrogen-bond acceptors (Lipinski definition) is 5. The summed E-state index contributed by atoms with van der Waals surface area (Å²) < 4.78 is 16.3. The minimum atomic E-state index is -0.528. The third kappa shape index (κ3) is 4.73. The molecule has 7 nitrogen and oxygen atoms in total. The van der Waals surface area contributed by atoms with E-state index < -0.39 is 29.0 Å². The summed E-state index contributed by atoms with van der Waals surface area (Å²) in [4.78, 5) is 23.6. The Hall–Kier alpha value is -1.50. The van der Waals surface area contributed by atoms with Crippen molar-refractivity contribution in [3.05, 3.63) is 0 Å². The lowest BCUT2D eigenvalue weighted by Gasteiger charge is -2.44. The Bertz CT molecular complexity index is 484. The molecule has 2 heterocycles. The van der Waals surface area contributed by atoms with Crippen LogP contribution in [0.25, 0.3) is 0 Å². The van der Waals surface area contributed by atoms with Crippen molar-refractivity contribution in [2.24, 2.45) is 0 Å². The third-order valence-corrected chi connectivity index (χ3v) is 3.70. The van der Waals surface area contributed by atoms with Gasteiger partial charge in [0.05, 0.1) is 24.3 Å². The number of carbonyl (C=O) groups excluding carboxylic acids is 2. The number of carbonyl (C=O) groups is 2. The fourth-order valence-corrected chi connectivity index (χ4v) is 3.05. The van der Waals surface area contributed by atoms with E-state index in [0.717, 1.165) is 0 Å². The largest absolute Gasteiger partial charge is 0.444 e. The van der Waals surface area contributed by atoms with Gasteiger partial charge in [-0.1, -0.05) is 0 Å². The summed E-state index contributed by atoms with van der Waals surface area (Å²) in [6, 6.07) is 0. The van der Waals surface area contributed by atoms with E-state index in [1.165, 1.54) is 0 Å². The lowest BCUT2D eigenvalue weighted by Crippen LogP contribution is -2.63. The first kappa shape index (κ1) is 17.8. The normalized spacial score (nSPS) is 29.5. The van der Waals surface area contributed by atoms with Crippen LogP contribution in [0.2, 0.25) is 0 Å². The molecule has 0 atom stereocenters. The number of ether oxygens (including phenoxy) is 3. The first-order chi connectivity index (χ1) is 10.3. The van der Waals surface area contributed by atoms with Gasteiger partial charge in [-0.05, 0) is 41.5 Å². The molecule has 0 aromatic carbocycles. The predicted molar refractivity (Wildman–Crippen MR) is 84.3 cm³/mol. The Kier molecular flexibility index (Phi) is 4.30. The van der Waals surface area contributed by atoms with E-state index in [2.05, 4.69) is 10.6 Å². The molecule has 0 radical (unpaired) electrons. The average molecular weight is 328 g/mol. The number of alkyl carbamates (subject to hydrolysis) is 2. The van der Waals surface area contributed by atoms with Gasteiger partial charge in [0.1, 0.15) is 11.2 Å². The number of hydrogen-bond donors (Lipinski definition) is 2.